The maximum Gasteiger partial charge on any atom is 0.288 e. The molecule has 0 aromatic carbocycles. The van der Waals surface area contributed by atoms with Crippen LogP contribution in [0.3, 0.4) is 0 Å². The van der Waals surface area contributed by atoms with E-state index >= 15 is 0 Å². The topological polar surface area (TPSA) is 85.2 Å². The molecule has 0 spiro atoms. The van der Waals surface area contributed by atoms with Gasteiger partial charge in [0, 0.05) is 12.1 Å². The Morgan fingerprint density at radius 1 is 1.33 bits per heavy atom. The Morgan fingerprint density at radius 3 is 2.53 bits per heavy atom. The van der Waals surface area contributed by atoms with Gasteiger partial charge in [-0.25, -0.2) is 4.68 Å². The summed E-state index contributed by atoms with van der Waals surface area (Å²) >= 11 is 6.48. The Morgan fingerprint density at radius 2 is 1.97 bits per heavy atom. The molecule has 170 valence electrons. The molecule has 0 unspecified atom stereocenters. The van der Waals surface area contributed by atoms with Crippen LogP contribution in [0.15, 0.2) is 4.79 Å². The maximum atomic E-state index is 12.8. The first kappa shape index (κ1) is 24.5. The van der Waals surface area contributed by atoms with E-state index in [9.17, 15) is 9.59 Å². The number of hydrogen-bond acceptors (Lipinski definition) is 5. The van der Waals surface area contributed by atoms with Gasteiger partial charge in [-0.1, -0.05) is 46.2 Å². The second-order valence-electron chi connectivity index (χ2n) is 9.47. The number of anilines is 1. The summed E-state index contributed by atoms with van der Waals surface area (Å²) in [5.74, 6) is 1.31. The molecular formula is C22H37ClN4O3. The maximum absolute atomic E-state index is 12.8. The zero-order valence-electron chi connectivity index (χ0n) is 19.5. The zero-order chi connectivity index (χ0) is 22.8. The highest BCUT2D eigenvalue weighted by Gasteiger charge is 2.44. The van der Waals surface area contributed by atoms with Gasteiger partial charge in [0.15, 0.2) is 0 Å². The summed E-state index contributed by atoms with van der Waals surface area (Å²) in [4.78, 5) is 24.9. The SMILES string of the molecule is CCOc1nn(CC(=O)NC(C)C)c(=O)c(Cl)c1N[C@@H]1C[C@H](C)C(C)(C)[C@H](C)[C@H]1C. The molecule has 8 heteroatoms. The van der Waals surface area contributed by atoms with E-state index in [1.165, 1.54) is 0 Å². The van der Waals surface area contributed by atoms with Crippen LogP contribution in [0.2, 0.25) is 5.02 Å². The Balaban J connectivity index is 2.37. The first-order valence-electron chi connectivity index (χ1n) is 10.9. The van der Waals surface area contributed by atoms with Gasteiger partial charge in [0.2, 0.25) is 5.91 Å². The quantitative estimate of drug-likeness (QED) is 0.670. The van der Waals surface area contributed by atoms with Crippen molar-refractivity contribution in [2.24, 2.45) is 23.2 Å². The molecule has 1 saturated carbocycles. The summed E-state index contributed by atoms with van der Waals surface area (Å²) in [5, 5.41) is 10.5. The first-order chi connectivity index (χ1) is 13.9. The van der Waals surface area contributed by atoms with E-state index in [4.69, 9.17) is 16.3 Å². The van der Waals surface area contributed by atoms with Crippen molar-refractivity contribution >= 4 is 23.2 Å². The van der Waals surface area contributed by atoms with Crippen molar-refractivity contribution in [3.63, 3.8) is 0 Å². The third-order valence-electron chi connectivity index (χ3n) is 6.90. The van der Waals surface area contributed by atoms with Gasteiger partial charge in [-0.2, -0.15) is 0 Å². The Labute approximate surface area is 184 Å². The highest BCUT2D eigenvalue weighted by molar-refractivity contribution is 6.33. The third kappa shape index (κ3) is 5.10. The second kappa shape index (κ2) is 9.58. The number of hydrogen-bond donors (Lipinski definition) is 2. The predicted molar refractivity (Wildman–Crippen MR) is 121 cm³/mol. The Hall–Kier alpha value is -1.76. The fraction of sp³-hybridized carbons (Fsp3) is 0.773. The lowest BCUT2D eigenvalue weighted by Gasteiger charge is -2.50. The average molecular weight is 441 g/mol. The minimum atomic E-state index is -0.508. The van der Waals surface area contributed by atoms with Gasteiger partial charge in [0.05, 0.1) is 6.61 Å². The van der Waals surface area contributed by atoms with E-state index in [-0.39, 0.29) is 40.9 Å². The zero-order valence-corrected chi connectivity index (χ0v) is 20.3. The van der Waals surface area contributed by atoms with Gasteiger partial charge >= 0.3 is 0 Å². The fourth-order valence-electron chi connectivity index (χ4n) is 4.24. The van der Waals surface area contributed by atoms with Crippen LogP contribution in [0.1, 0.15) is 61.8 Å². The number of carbonyl (C=O) groups excluding carboxylic acids is 1. The van der Waals surface area contributed by atoms with Gasteiger partial charge in [0.1, 0.15) is 17.3 Å². The van der Waals surface area contributed by atoms with Gasteiger partial charge in [0.25, 0.3) is 11.4 Å². The molecule has 30 heavy (non-hydrogen) atoms. The fourth-order valence-corrected chi connectivity index (χ4v) is 4.48. The number of aromatic nitrogens is 2. The molecule has 1 aliphatic rings. The summed E-state index contributed by atoms with van der Waals surface area (Å²) in [6.07, 6.45) is 0.959. The van der Waals surface area contributed by atoms with Crippen molar-refractivity contribution in [1.29, 1.82) is 0 Å². The minimum absolute atomic E-state index is 0.00290. The molecule has 0 saturated heterocycles. The summed E-state index contributed by atoms with van der Waals surface area (Å²) in [7, 11) is 0. The van der Waals surface area contributed by atoms with Crippen molar-refractivity contribution in [2.45, 2.75) is 80.4 Å². The van der Waals surface area contributed by atoms with Gasteiger partial charge in [-0.15, -0.1) is 5.10 Å². The number of rotatable bonds is 7. The largest absolute Gasteiger partial charge is 0.475 e. The van der Waals surface area contributed by atoms with E-state index in [0.717, 1.165) is 11.1 Å². The van der Waals surface area contributed by atoms with Crippen LogP contribution in [0, 0.1) is 23.2 Å². The van der Waals surface area contributed by atoms with Crippen molar-refractivity contribution < 1.29 is 9.53 Å². The van der Waals surface area contributed by atoms with E-state index in [0.29, 0.717) is 30.0 Å². The lowest BCUT2D eigenvalue weighted by atomic mass is 9.58. The normalized spacial score (nSPS) is 25.8. The standard InChI is InChI=1S/C22H37ClN4O3/c1-9-30-20-19(25-16-10-13(4)22(7,8)15(6)14(16)5)18(23)21(29)27(26-20)11-17(28)24-12(2)3/h12-16,25H,9-11H2,1-8H3,(H,24,28)/t13-,14+,15+,16+/m0/s1. The molecule has 4 atom stereocenters. The number of halogens is 1. The molecule has 2 rings (SSSR count). The second-order valence-corrected chi connectivity index (χ2v) is 9.85. The molecule has 0 aliphatic heterocycles. The molecule has 0 bridgehead atoms. The lowest BCUT2D eigenvalue weighted by Crippen LogP contribution is -2.48. The van der Waals surface area contributed by atoms with Crippen LogP contribution in [0.25, 0.3) is 0 Å². The first-order valence-corrected chi connectivity index (χ1v) is 11.3. The average Bonchev–Trinajstić information content (AvgIpc) is 2.65. The van der Waals surface area contributed by atoms with Crippen LogP contribution in [0.4, 0.5) is 5.69 Å². The van der Waals surface area contributed by atoms with Crippen molar-refractivity contribution in [1.82, 2.24) is 15.1 Å². The van der Waals surface area contributed by atoms with Gasteiger partial charge in [-0.05, 0) is 50.4 Å². The van der Waals surface area contributed by atoms with Crippen LogP contribution in [-0.4, -0.2) is 34.4 Å². The molecule has 1 aliphatic carbocycles. The third-order valence-corrected chi connectivity index (χ3v) is 7.25. The lowest BCUT2D eigenvalue weighted by molar-refractivity contribution is -0.122. The highest BCUT2D eigenvalue weighted by Crippen LogP contribution is 2.48. The number of nitrogens with one attached hydrogen (secondary N) is 2. The van der Waals surface area contributed by atoms with Crippen LogP contribution in [-0.2, 0) is 11.3 Å². The van der Waals surface area contributed by atoms with Crippen molar-refractivity contribution in [2.75, 3.05) is 11.9 Å². The van der Waals surface area contributed by atoms with E-state index in [1.807, 2.05) is 20.8 Å². The number of nitrogens with zero attached hydrogens (tertiary/aromatic N) is 2. The molecule has 7 nitrogen and oxygen atoms in total. The van der Waals surface area contributed by atoms with Crippen LogP contribution in [0.5, 0.6) is 5.88 Å². The monoisotopic (exact) mass is 440 g/mol. The molecule has 1 aromatic heterocycles. The molecule has 1 fully saturated rings. The molecule has 2 N–H and O–H groups in total. The summed E-state index contributed by atoms with van der Waals surface area (Å²) in [6, 6.07) is 0.109. The van der Waals surface area contributed by atoms with Crippen molar-refractivity contribution in [3.05, 3.63) is 15.4 Å². The van der Waals surface area contributed by atoms with E-state index in [1.54, 1.807) is 0 Å². The Bertz CT molecular complexity index is 821. The van der Waals surface area contributed by atoms with Crippen molar-refractivity contribution in [3.8, 4) is 5.88 Å². The molecule has 1 amide bonds. The molecule has 1 heterocycles. The summed E-state index contributed by atoms with van der Waals surface area (Å²) in [5.41, 5.74) is 0.140. The molecule has 0 radical (unpaired) electrons. The number of amides is 1. The summed E-state index contributed by atoms with van der Waals surface area (Å²) in [6.45, 7) is 17.1. The minimum Gasteiger partial charge on any atom is -0.475 e. The molecule has 1 aromatic rings. The van der Waals surface area contributed by atoms with E-state index < -0.39 is 5.56 Å². The van der Waals surface area contributed by atoms with Crippen LogP contribution < -0.4 is 20.9 Å². The molecular weight excluding hydrogens is 404 g/mol. The van der Waals surface area contributed by atoms with Gasteiger partial charge < -0.3 is 15.4 Å². The van der Waals surface area contributed by atoms with Crippen LogP contribution >= 0.6 is 11.6 Å². The Kier molecular flexibility index (Phi) is 7.83. The smallest absolute Gasteiger partial charge is 0.288 e. The summed E-state index contributed by atoms with van der Waals surface area (Å²) < 4.78 is 6.76. The highest BCUT2D eigenvalue weighted by atomic mass is 35.5. The predicted octanol–water partition coefficient (Wildman–Crippen LogP) is 3.94. The van der Waals surface area contributed by atoms with E-state index in [2.05, 4.69) is 50.4 Å². The number of carbonyl (C=O) groups is 1. The number of ether oxygens (including phenoxy) is 1. The van der Waals surface area contributed by atoms with Gasteiger partial charge in [-0.3, -0.25) is 9.59 Å².